The van der Waals surface area contributed by atoms with Crippen molar-refractivity contribution in [2.75, 3.05) is 23.4 Å². The minimum absolute atomic E-state index is 0.0573. The molecular weight excluding hydrogens is 280 g/mol. The monoisotopic (exact) mass is 300 g/mol. The SMILES string of the molecule is O=C(Nc1ccc2c(c1)N(C(=O)[C@@H]1CCCO1)CC2)C1CC1. The van der Waals surface area contributed by atoms with Crippen molar-refractivity contribution in [2.45, 2.75) is 38.2 Å². The first kappa shape index (κ1) is 13.8. The predicted molar refractivity (Wildman–Crippen MR) is 82.8 cm³/mol. The Labute approximate surface area is 129 Å². The van der Waals surface area contributed by atoms with Crippen LogP contribution in [0.4, 0.5) is 11.4 Å². The summed E-state index contributed by atoms with van der Waals surface area (Å²) in [6.45, 7) is 1.38. The van der Waals surface area contributed by atoms with Crippen LogP contribution in [0.1, 0.15) is 31.2 Å². The molecule has 0 aromatic heterocycles. The van der Waals surface area contributed by atoms with Gasteiger partial charge in [-0.15, -0.1) is 0 Å². The Balaban J connectivity index is 1.54. The highest BCUT2D eigenvalue weighted by Gasteiger charge is 2.33. The molecule has 3 aliphatic rings. The fourth-order valence-electron chi connectivity index (χ4n) is 3.22. The zero-order valence-corrected chi connectivity index (χ0v) is 12.5. The van der Waals surface area contributed by atoms with E-state index in [1.807, 2.05) is 23.1 Å². The van der Waals surface area contributed by atoms with Gasteiger partial charge in [0.05, 0.1) is 0 Å². The molecular formula is C17H20N2O3. The molecule has 2 aliphatic heterocycles. The number of amides is 2. The fourth-order valence-corrected chi connectivity index (χ4v) is 3.22. The first-order valence-electron chi connectivity index (χ1n) is 8.09. The maximum Gasteiger partial charge on any atom is 0.256 e. The van der Waals surface area contributed by atoms with Gasteiger partial charge in [-0.05, 0) is 49.8 Å². The standard InChI is InChI=1S/C17H20N2O3/c20-16(12-3-4-12)18-13-6-5-11-7-8-19(14(11)10-13)17(21)15-2-1-9-22-15/h5-6,10,12,15H,1-4,7-9H2,(H,18,20)/t15-/m0/s1. The molecule has 5 nitrogen and oxygen atoms in total. The average Bonchev–Trinajstić information content (AvgIpc) is 3.08. The molecule has 2 heterocycles. The van der Waals surface area contributed by atoms with E-state index in [9.17, 15) is 9.59 Å². The van der Waals surface area contributed by atoms with E-state index < -0.39 is 0 Å². The second-order valence-corrected chi connectivity index (χ2v) is 6.35. The van der Waals surface area contributed by atoms with Crippen LogP contribution in [0.15, 0.2) is 18.2 Å². The Morgan fingerprint density at radius 1 is 1.23 bits per heavy atom. The summed E-state index contributed by atoms with van der Waals surface area (Å²) in [4.78, 5) is 26.3. The number of benzene rings is 1. The molecule has 2 amide bonds. The van der Waals surface area contributed by atoms with Crippen molar-refractivity contribution in [2.24, 2.45) is 5.92 Å². The van der Waals surface area contributed by atoms with E-state index in [2.05, 4.69) is 5.32 Å². The third kappa shape index (κ3) is 2.50. The molecule has 22 heavy (non-hydrogen) atoms. The number of anilines is 2. The second kappa shape index (κ2) is 5.39. The Bertz CT molecular complexity index is 618. The summed E-state index contributed by atoms with van der Waals surface area (Å²) in [6.07, 6.45) is 4.30. The van der Waals surface area contributed by atoms with Gasteiger partial charge in [0.25, 0.3) is 5.91 Å². The Morgan fingerprint density at radius 3 is 2.82 bits per heavy atom. The van der Waals surface area contributed by atoms with E-state index in [0.717, 1.165) is 49.0 Å². The van der Waals surface area contributed by atoms with Gasteiger partial charge in [-0.3, -0.25) is 9.59 Å². The van der Waals surface area contributed by atoms with E-state index in [1.165, 1.54) is 0 Å². The third-order valence-corrected chi connectivity index (χ3v) is 4.67. The van der Waals surface area contributed by atoms with Gasteiger partial charge < -0.3 is 15.0 Å². The molecule has 0 spiro atoms. The molecule has 0 unspecified atom stereocenters. The van der Waals surface area contributed by atoms with Crippen LogP contribution in [0.3, 0.4) is 0 Å². The zero-order chi connectivity index (χ0) is 15.1. The Hall–Kier alpha value is -1.88. The summed E-state index contributed by atoms with van der Waals surface area (Å²) in [5.74, 6) is 0.328. The molecule has 0 bridgehead atoms. The van der Waals surface area contributed by atoms with Gasteiger partial charge in [-0.2, -0.15) is 0 Å². The molecule has 4 rings (SSSR count). The van der Waals surface area contributed by atoms with Crippen LogP contribution in [0, 0.1) is 5.92 Å². The van der Waals surface area contributed by atoms with Gasteiger partial charge >= 0.3 is 0 Å². The minimum Gasteiger partial charge on any atom is -0.368 e. The van der Waals surface area contributed by atoms with Crippen molar-refractivity contribution in [3.63, 3.8) is 0 Å². The van der Waals surface area contributed by atoms with Gasteiger partial charge in [0, 0.05) is 30.4 Å². The van der Waals surface area contributed by atoms with Gasteiger partial charge in [0.1, 0.15) is 6.10 Å². The highest BCUT2D eigenvalue weighted by atomic mass is 16.5. The van der Waals surface area contributed by atoms with E-state index in [0.29, 0.717) is 13.2 Å². The molecule has 1 saturated heterocycles. The number of hydrogen-bond acceptors (Lipinski definition) is 3. The molecule has 1 aliphatic carbocycles. The van der Waals surface area contributed by atoms with Gasteiger partial charge in [0.2, 0.25) is 5.91 Å². The minimum atomic E-state index is -0.296. The summed E-state index contributed by atoms with van der Waals surface area (Å²) < 4.78 is 5.52. The highest BCUT2D eigenvalue weighted by Crippen LogP contribution is 2.34. The number of nitrogens with one attached hydrogen (secondary N) is 1. The molecule has 1 saturated carbocycles. The number of ether oxygens (including phenoxy) is 1. The molecule has 1 atom stereocenters. The smallest absolute Gasteiger partial charge is 0.256 e. The summed E-state index contributed by atoms with van der Waals surface area (Å²) in [6, 6.07) is 5.87. The number of nitrogens with zero attached hydrogens (tertiary/aromatic N) is 1. The lowest BCUT2D eigenvalue weighted by Gasteiger charge is -2.21. The number of fused-ring (bicyclic) bond motifs is 1. The fraction of sp³-hybridized carbons (Fsp3) is 0.529. The van der Waals surface area contributed by atoms with Crippen LogP contribution in [0.5, 0.6) is 0 Å². The van der Waals surface area contributed by atoms with Crippen LogP contribution in [0.25, 0.3) is 0 Å². The van der Waals surface area contributed by atoms with Gasteiger partial charge in [-0.25, -0.2) is 0 Å². The molecule has 5 heteroatoms. The average molecular weight is 300 g/mol. The Morgan fingerprint density at radius 2 is 2.09 bits per heavy atom. The van der Waals surface area contributed by atoms with Crippen molar-refractivity contribution in [3.8, 4) is 0 Å². The quantitative estimate of drug-likeness (QED) is 0.930. The van der Waals surface area contributed by atoms with E-state index in [4.69, 9.17) is 4.74 Å². The summed E-state index contributed by atoms with van der Waals surface area (Å²) in [7, 11) is 0. The molecule has 1 aromatic carbocycles. The van der Waals surface area contributed by atoms with E-state index in [1.54, 1.807) is 0 Å². The number of hydrogen-bond donors (Lipinski definition) is 1. The van der Waals surface area contributed by atoms with Crippen molar-refractivity contribution in [1.29, 1.82) is 0 Å². The van der Waals surface area contributed by atoms with Crippen LogP contribution in [-0.2, 0) is 20.7 Å². The molecule has 2 fully saturated rings. The highest BCUT2D eigenvalue weighted by molar-refractivity contribution is 6.00. The molecule has 116 valence electrons. The summed E-state index contributed by atoms with van der Waals surface area (Å²) in [5, 5.41) is 2.95. The summed E-state index contributed by atoms with van der Waals surface area (Å²) in [5.41, 5.74) is 2.87. The van der Waals surface area contributed by atoms with Crippen molar-refractivity contribution in [1.82, 2.24) is 0 Å². The number of carbonyl (C=O) groups excluding carboxylic acids is 2. The van der Waals surface area contributed by atoms with Crippen LogP contribution < -0.4 is 10.2 Å². The molecule has 0 radical (unpaired) electrons. The van der Waals surface area contributed by atoms with E-state index in [-0.39, 0.29) is 23.8 Å². The van der Waals surface area contributed by atoms with Crippen LogP contribution in [0.2, 0.25) is 0 Å². The largest absolute Gasteiger partial charge is 0.368 e. The normalized spacial score (nSPS) is 23.5. The van der Waals surface area contributed by atoms with Crippen LogP contribution >= 0.6 is 0 Å². The second-order valence-electron chi connectivity index (χ2n) is 6.35. The Kier molecular flexibility index (Phi) is 3.37. The van der Waals surface area contributed by atoms with Crippen molar-refractivity contribution in [3.05, 3.63) is 23.8 Å². The van der Waals surface area contributed by atoms with Crippen molar-refractivity contribution >= 4 is 23.2 Å². The maximum absolute atomic E-state index is 12.6. The summed E-state index contributed by atoms with van der Waals surface area (Å²) >= 11 is 0. The van der Waals surface area contributed by atoms with E-state index >= 15 is 0 Å². The lowest BCUT2D eigenvalue weighted by atomic mass is 10.1. The van der Waals surface area contributed by atoms with Crippen LogP contribution in [-0.4, -0.2) is 31.1 Å². The molecule has 1 N–H and O–H groups in total. The predicted octanol–water partition coefficient (Wildman–Crippen LogP) is 2.10. The number of carbonyl (C=O) groups is 2. The topological polar surface area (TPSA) is 58.6 Å². The van der Waals surface area contributed by atoms with Gasteiger partial charge in [0.15, 0.2) is 0 Å². The first-order valence-corrected chi connectivity index (χ1v) is 8.09. The third-order valence-electron chi connectivity index (χ3n) is 4.67. The molecule has 1 aromatic rings. The number of rotatable bonds is 3. The lowest BCUT2D eigenvalue weighted by molar-refractivity contribution is -0.127. The van der Waals surface area contributed by atoms with Crippen molar-refractivity contribution < 1.29 is 14.3 Å². The lowest BCUT2D eigenvalue weighted by Crippen LogP contribution is -2.37. The first-order chi connectivity index (χ1) is 10.7. The zero-order valence-electron chi connectivity index (χ0n) is 12.5. The van der Waals surface area contributed by atoms with Gasteiger partial charge in [-0.1, -0.05) is 6.07 Å². The maximum atomic E-state index is 12.6.